The lowest BCUT2D eigenvalue weighted by Crippen LogP contribution is -2.07. The predicted octanol–water partition coefficient (Wildman–Crippen LogP) is 5.66. The van der Waals surface area contributed by atoms with Gasteiger partial charge in [-0.3, -0.25) is 9.78 Å². The van der Waals surface area contributed by atoms with Crippen molar-refractivity contribution < 1.29 is 14.3 Å². The number of aryl methyl sites for hydroxylation is 1. The van der Waals surface area contributed by atoms with Gasteiger partial charge in [0.25, 0.3) is 0 Å². The van der Waals surface area contributed by atoms with E-state index in [1.807, 2.05) is 36.4 Å². The van der Waals surface area contributed by atoms with Crippen LogP contribution in [-0.2, 0) is 28.9 Å². The lowest BCUT2D eigenvalue weighted by Gasteiger charge is -2.12. The molecule has 0 atom stereocenters. The molecule has 3 aromatic rings. The maximum Gasteiger partial charge on any atom is 0.334 e. The SMILES string of the molecule is COC(=O)C1=Cc2cc(NCc3cc(CC(=O)c4cccc(C(C)C)c4)ccc3C)cnc2C1. The number of esters is 1. The molecule has 2 aromatic carbocycles. The van der Waals surface area contributed by atoms with Crippen LogP contribution in [0.1, 0.15) is 63.6 Å². The minimum absolute atomic E-state index is 0.126. The number of hydrogen-bond donors (Lipinski definition) is 1. The van der Waals surface area contributed by atoms with Gasteiger partial charge >= 0.3 is 5.97 Å². The number of nitrogens with zero attached hydrogens (tertiary/aromatic N) is 1. The number of fused-ring (bicyclic) bond motifs is 1. The van der Waals surface area contributed by atoms with E-state index >= 15 is 0 Å². The van der Waals surface area contributed by atoms with E-state index in [2.05, 4.69) is 49.3 Å². The van der Waals surface area contributed by atoms with E-state index in [1.54, 1.807) is 6.20 Å². The maximum absolute atomic E-state index is 12.9. The molecule has 1 aliphatic carbocycles. The molecule has 0 amide bonds. The van der Waals surface area contributed by atoms with E-state index < -0.39 is 0 Å². The van der Waals surface area contributed by atoms with Crippen molar-refractivity contribution in [2.24, 2.45) is 0 Å². The summed E-state index contributed by atoms with van der Waals surface area (Å²) in [5, 5.41) is 3.43. The summed E-state index contributed by atoms with van der Waals surface area (Å²) < 4.78 is 4.82. The summed E-state index contributed by atoms with van der Waals surface area (Å²) in [6.45, 7) is 6.95. The highest BCUT2D eigenvalue weighted by atomic mass is 16.5. The smallest absolute Gasteiger partial charge is 0.334 e. The van der Waals surface area contributed by atoms with Gasteiger partial charge in [0.2, 0.25) is 0 Å². The largest absolute Gasteiger partial charge is 0.466 e. The molecular formula is C29H30N2O3. The van der Waals surface area contributed by atoms with Crippen molar-refractivity contribution in [3.63, 3.8) is 0 Å². The van der Waals surface area contributed by atoms with Gasteiger partial charge in [0.05, 0.1) is 24.7 Å². The molecule has 1 aliphatic rings. The number of rotatable bonds is 8. The molecule has 4 rings (SSSR count). The second-order valence-electron chi connectivity index (χ2n) is 9.09. The molecule has 0 radical (unpaired) electrons. The zero-order valence-corrected chi connectivity index (χ0v) is 20.1. The van der Waals surface area contributed by atoms with Gasteiger partial charge in [-0.05, 0) is 58.9 Å². The van der Waals surface area contributed by atoms with Crippen LogP contribution in [0.15, 0.2) is 60.3 Å². The van der Waals surface area contributed by atoms with Crippen LogP contribution in [0.4, 0.5) is 5.69 Å². The normalized spacial score (nSPS) is 12.3. The van der Waals surface area contributed by atoms with Crippen molar-refractivity contribution in [1.82, 2.24) is 4.98 Å². The Morgan fingerprint density at radius 1 is 1.12 bits per heavy atom. The first-order chi connectivity index (χ1) is 16.3. The van der Waals surface area contributed by atoms with E-state index in [0.717, 1.165) is 39.2 Å². The molecule has 1 aromatic heterocycles. The van der Waals surface area contributed by atoms with Crippen LogP contribution in [0.25, 0.3) is 6.08 Å². The Morgan fingerprint density at radius 2 is 1.94 bits per heavy atom. The molecular weight excluding hydrogens is 424 g/mol. The molecule has 174 valence electrons. The number of aromatic nitrogens is 1. The van der Waals surface area contributed by atoms with Gasteiger partial charge in [0.1, 0.15) is 0 Å². The summed E-state index contributed by atoms with van der Waals surface area (Å²) in [6, 6.07) is 16.1. The number of Topliss-reactive ketones (excluding diaryl/α,β-unsaturated/α-hetero) is 1. The maximum atomic E-state index is 12.9. The molecule has 0 bridgehead atoms. The second kappa shape index (κ2) is 10.0. The minimum Gasteiger partial charge on any atom is -0.466 e. The third-order valence-corrected chi connectivity index (χ3v) is 6.28. The number of nitrogens with one attached hydrogen (secondary N) is 1. The molecule has 0 saturated carbocycles. The van der Waals surface area contributed by atoms with Crippen LogP contribution >= 0.6 is 0 Å². The standard InChI is InChI=1S/C29H30N2O3/c1-18(2)21-6-5-7-22(12-21)28(32)11-20-9-8-19(3)25(10-20)16-30-26-14-23-13-24(29(33)34-4)15-27(23)31-17-26/h5-10,12-14,17-18,30H,11,15-16H2,1-4H3. The summed E-state index contributed by atoms with van der Waals surface area (Å²) in [6.07, 6.45) is 4.50. The van der Waals surface area contributed by atoms with Crippen LogP contribution in [0.3, 0.4) is 0 Å². The zero-order chi connectivity index (χ0) is 24.2. The second-order valence-corrected chi connectivity index (χ2v) is 9.09. The zero-order valence-electron chi connectivity index (χ0n) is 20.1. The van der Waals surface area contributed by atoms with Crippen molar-refractivity contribution >= 4 is 23.5 Å². The number of methoxy groups -OCH3 is 1. The summed E-state index contributed by atoms with van der Waals surface area (Å²) in [5.74, 6) is 0.202. The molecule has 0 unspecified atom stereocenters. The van der Waals surface area contributed by atoms with Gasteiger partial charge < -0.3 is 10.1 Å². The Bertz CT molecular complexity index is 1270. The fraction of sp³-hybridized carbons (Fsp3) is 0.276. The highest BCUT2D eigenvalue weighted by molar-refractivity contribution is 5.98. The first-order valence-corrected chi connectivity index (χ1v) is 11.6. The molecule has 34 heavy (non-hydrogen) atoms. The van der Waals surface area contributed by atoms with E-state index in [4.69, 9.17) is 4.74 Å². The highest BCUT2D eigenvalue weighted by Gasteiger charge is 2.20. The van der Waals surface area contributed by atoms with Crippen molar-refractivity contribution in [2.45, 2.75) is 46.1 Å². The van der Waals surface area contributed by atoms with Crippen molar-refractivity contribution in [3.05, 3.63) is 99.4 Å². The lowest BCUT2D eigenvalue weighted by molar-refractivity contribution is -0.136. The number of hydrogen-bond acceptors (Lipinski definition) is 5. The summed E-state index contributed by atoms with van der Waals surface area (Å²) in [4.78, 5) is 29.2. The topological polar surface area (TPSA) is 68.3 Å². The molecule has 5 heteroatoms. The fourth-order valence-corrected chi connectivity index (χ4v) is 4.14. The number of pyridine rings is 1. The Morgan fingerprint density at radius 3 is 2.71 bits per heavy atom. The minimum atomic E-state index is -0.314. The lowest BCUT2D eigenvalue weighted by atomic mass is 9.95. The van der Waals surface area contributed by atoms with Crippen molar-refractivity contribution in [3.8, 4) is 0 Å². The van der Waals surface area contributed by atoms with E-state index in [0.29, 0.717) is 30.9 Å². The summed E-state index contributed by atoms with van der Waals surface area (Å²) >= 11 is 0. The third-order valence-electron chi connectivity index (χ3n) is 6.28. The van der Waals surface area contributed by atoms with Gasteiger partial charge in [0.15, 0.2) is 5.78 Å². The quantitative estimate of drug-likeness (QED) is 0.351. The summed E-state index contributed by atoms with van der Waals surface area (Å²) in [5.41, 5.74) is 8.54. The molecule has 0 fully saturated rings. The Labute approximate surface area is 200 Å². The highest BCUT2D eigenvalue weighted by Crippen LogP contribution is 2.27. The average molecular weight is 455 g/mol. The van der Waals surface area contributed by atoms with Crippen molar-refractivity contribution in [2.75, 3.05) is 12.4 Å². The van der Waals surface area contributed by atoms with E-state index in [9.17, 15) is 9.59 Å². The van der Waals surface area contributed by atoms with Gasteiger partial charge in [0, 0.05) is 30.5 Å². The van der Waals surface area contributed by atoms with Crippen LogP contribution in [0.2, 0.25) is 0 Å². The van der Waals surface area contributed by atoms with Crippen LogP contribution in [0, 0.1) is 6.92 Å². The van der Waals surface area contributed by atoms with Gasteiger partial charge in [-0.25, -0.2) is 4.79 Å². The number of ketones is 1. The number of carbonyl (C=O) groups excluding carboxylic acids is 2. The van der Waals surface area contributed by atoms with E-state index in [-0.39, 0.29) is 11.8 Å². The van der Waals surface area contributed by atoms with Crippen molar-refractivity contribution in [1.29, 1.82) is 0 Å². The predicted molar refractivity (Wildman–Crippen MR) is 135 cm³/mol. The Kier molecular flexibility index (Phi) is 6.92. The fourth-order valence-electron chi connectivity index (χ4n) is 4.14. The molecule has 0 spiro atoms. The van der Waals surface area contributed by atoms with Gasteiger partial charge in [-0.2, -0.15) is 0 Å². The van der Waals surface area contributed by atoms with Gasteiger partial charge in [-0.15, -0.1) is 0 Å². The van der Waals surface area contributed by atoms with Gasteiger partial charge in [-0.1, -0.05) is 50.2 Å². The first kappa shape index (κ1) is 23.4. The van der Waals surface area contributed by atoms with E-state index in [1.165, 1.54) is 12.7 Å². The molecule has 0 saturated heterocycles. The van der Waals surface area contributed by atoms with Crippen LogP contribution in [-0.4, -0.2) is 23.8 Å². The number of carbonyl (C=O) groups is 2. The third kappa shape index (κ3) is 5.25. The number of benzene rings is 2. The number of ether oxygens (including phenoxy) is 1. The first-order valence-electron chi connectivity index (χ1n) is 11.6. The molecule has 5 nitrogen and oxygen atoms in total. The molecule has 0 aliphatic heterocycles. The Balaban J connectivity index is 1.44. The van der Waals surface area contributed by atoms with Crippen LogP contribution in [0.5, 0.6) is 0 Å². The average Bonchev–Trinajstić information content (AvgIpc) is 3.27. The van der Waals surface area contributed by atoms with Crippen LogP contribution < -0.4 is 5.32 Å². The molecule has 1 heterocycles. The Hall–Kier alpha value is -3.73. The number of anilines is 1. The monoisotopic (exact) mass is 454 g/mol. The molecule has 1 N–H and O–H groups in total. The summed E-state index contributed by atoms with van der Waals surface area (Å²) in [7, 11) is 1.39.